The maximum absolute atomic E-state index is 12.1. The third-order valence-electron chi connectivity index (χ3n) is 3.26. The highest BCUT2D eigenvalue weighted by Gasteiger charge is 2.01. The highest BCUT2D eigenvalue weighted by Crippen LogP contribution is 2.14. The molecule has 0 saturated carbocycles. The number of hydrogen-bond acceptors (Lipinski definition) is 2. The molecule has 2 nitrogen and oxygen atoms in total. The summed E-state index contributed by atoms with van der Waals surface area (Å²) in [4.78, 5) is 12.1. The van der Waals surface area contributed by atoms with Gasteiger partial charge >= 0.3 is 0 Å². The van der Waals surface area contributed by atoms with Gasteiger partial charge < -0.3 is 4.74 Å². The number of rotatable bonds is 6. The summed E-state index contributed by atoms with van der Waals surface area (Å²) in [5, 5.41) is 0. The minimum Gasteiger partial charge on any atom is -0.494 e. The third kappa shape index (κ3) is 4.32. The van der Waals surface area contributed by atoms with Crippen molar-refractivity contribution < 1.29 is 9.53 Å². The standard InChI is InChI=1S/C19H20O2/c1-3-15-5-10-17(11-6-15)19(20)14-9-16-7-12-18(13-8-16)21-4-2/h5-14H,3-4H2,1-2H3/b14-9+. The van der Waals surface area contributed by atoms with E-state index in [-0.39, 0.29) is 5.78 Å². The zero-order chi connectivity index (χ0) is 15.1. The molecule has 0 aliphatic rings. The summed E-state index contributed by atoms with van der Waals surface area (Å²) in [7, 11) is 0. The Balaban J connectivity index is 2.03. The van der Waals surface area contributed by atoms with Crippen LogP contribution in [-0.2, 0) is 6.42 Å². The Morgan fingerprint density at radius 2 is 1.67 bits per heavy atom. The molecule has 2 aromatic rings. The number of benzene rings is 2. The summed E-state index contributed by atoms with van der Waals surface area (Å²) in [5.41, 5.74) is 2.94. The number of hydrogen-bond donors (Lipinski definition) is 0. The lowest BCUT2D eigenvalue weighted by Crippen LogP contribution is -1.94. The molecule has 0 N–H and O–H groups in total. The van der Waals surface area contributed by atoms with Gasteiger partial charge in [-0.15, -0.1) is 0 Å². The number of carbonyl (C=O) groups is 1. The minimum absolute atomic E-state index is 0.0199. The van der Waals surface area contributed by atoms with E-state index in [9.17, 15) is 4.79 Å². The van der Waals surface area contributed by atoms with Gasteiger partial charge in [0.15, 0.2) is 5.78 Å². The lowest BCUT2D eigenvalue weighted by molar-refractivity contribution is 0.104. The maximum Gasteiger partial charge on any atom is 0.185 e. The predicted molar refractivity (Wildman–Crippen MR) is 86.8 cm³/mol. The second kappa shape index (κ2) is 7.44. The fraction of sp³-hybridized carbons (Fsp3) is 0.211. The lowest BCUT2D eigenvalue weighted by atomic mass is 10.1. The number of allylic oxidation sites excluding steroid dienone is 1. The zero-order valence-electron chi connectivity index (χ0n) is 12.5. The van der Waals surface area contributed by atoms with Crippen LogP contribution in [0.4, 0.5) is 0 Å². The highest BCUT2D eigenvalue weighted by molar-refractivity contribution is 6.06. The maximum atomic E-state index is 12.1. The molecule has 0 aliphatic heterocycles. The highest BCUT2D eigenvalue weighted by atomic mass is 16.5. The molecule has 0 heterocycles. The topological polar surface area (TPSA) is 26.3 Å². The molecule has 0 radical (unpaired) electrons. The Morgan fingerprint density at radius 1 is 1.00 bits per heavy atom. The van der Waals surface area contributed by atoms with Gasteiger partial charge in [-0.05, 0) is 42.7 Å². The van der Waals surface area contributed by atoms with Crippen LogP contribution in [0.5, 0.6) is 5.75 Å². The zero-order valence-corrected chi connectivity index (χ0v) is 12.5. The van der Waals surface area contributed by atoms with E-state index in [0.717, 1.165) is 23.3 Å². The molecule has 2 aromatic carbocycles. The molecule has 2 heteroatoms. The second-order valence-electron chi connectivity index (χ2n) is 4.75. The van der Waals surface area contributed by atoms with Crippen LogP contribution in [0.3, 0.4) is 0 Å². The van der Waals surface area contributed by atoms with Crippen molar-refractivity contribution in [3.63, 3.8) is 0 Å². The first-order valence-electron chi connectivity index (χ1n) is 7.27. The summed E-state index contributed by atoms with van der Waals surface area (Å²) in [6.45, 7) is 4.71. The van der Waals surface area contributed by atoms with Crippen molar-refractivity contribution in [2.24, 2.45) is 0 Å². The molecule has 0 atom stereocenters. The summed E-state index contributed by atoms with van der Waals surface area (Å²) < 4.78 is 5.39. The number of ether oxygens (including phenoxy) is 1. The van der Waals surface area contributed by atoms with E-state index in [1.807, 2.05) is 61.5 Å². The van der Waals surface area contributed by atoms with Crippen LogP contribution in [0.2, 0.25) is 0 Å². The van der Waals surface area contributed by atoms with Crippen molar-refractivity contribution >= 4 is 11.9 Å². The largest absolute Gasteiger partial charge is 0.494 e. The first kappa shape index (κ1) is 15.0. The first-order chi connectivity index (χ1) is 10.2. The van der Waals surface area contributed by atoms with Crippen LogP contribution >= 0.6 is 0 Å². The summed E-state index contributed by atoms with van der Waals surface area (Å²) in [6.07, 6.45) is 4.42. The number of ketones is 1. The van der Waals surface area contributed by atoms with E-state index >= 15 is 0 Å². The molecule has 0 fully saturated rings. The van der Waals surface area contributed by atoms with Crippen LogP contribution in [0.15, 0.2) is 54.6 Å². The predicted octanol–water partition coefficient (Wildman–Crippen LogP) is 4.54. The summed E-state index contributed by atoms with van der Waals surface area (Å²) in [5.74, 6) is 0.864. The lowest BCUT2D eigenvalue weighted by Gasteiger charge is -2.02. The van der Waals surface area contributed by atoms with Crippen LogP contribution in [-0.4, -0.2) is 12.4 Å². The van der Waals surface area contributed by atoms with Gasteiger partial charge in [0.05, 0.1) is 6.61 Å². The Labute approximate surface area is 126 Å². The molecular weight excluding hydrogens is 260 g/mol. The molecule has 0 aromatic heterocycles. The van der Waals surface area contributed by atoms with E-state index in [2.05, 4.69) is 6.92 Å². The second-order valence-corrected chi connectivity index (χ2v) is 4.75. The molecule has 0 unspecified atom stereocenters. The summed E-state index contributed by atoms with van der Waals surface area (Å²) in [6, 6.07) is 15.4. The molecule has 0 saturated heterocycles. The van der Waals surface area contributed by atoms with Crippen LogP contribution in [0.1, 0.15) is 35.3 Å². The van der Waals surface area contributed by atoms with Crippen molar-refractivity contribution in [1.29, 1.82) is 0 Å². The van der Waals surface area contributed by atoms with Crippen LogP contribution in [0.25, 0.3) is 6.08 Å². The normalized spacial score (nSPS) is 10.8. The van der Waals surface area contributed by atoms with Gasteiger partial charge in [0.2, 0.25) is 0 Å². The van der Waals surface area contributed by atoms with Gasteiger partial charge in [-0.25, -0.2) is 0 Å². The SMILES string of the molecule is CCOc1ccc(/C=C/C(=O)c2ccc(CC)cc2)cc1. The molecule has 108 valence electrons. The Kier molecular flexibility index (Phi) is 5.33. The van der Waals surface area contributed by atoms with Gasteiger partial charge in [0.1, 0.15) is 5.75 Å². The molecule has 0 spiro atoms. The molecule has 21 heavy (non-hydrogen) atoms. The van der Waals surface area contributed by atoms with Gasteiger partial charge in [0.25, 0.3) is 0 Å². The van der Waals surface area contributed by atoms with Crippen molar-refractivity contribution in [1.82, 2.24) is 0 Å². The molecule has 0 aliphatic carbocycles. The van der Waals surface area contributed by atoms with E-state index in [1.165, 1.54) is 5.56 Å². The van der Waals surface area contributed by atoms with E-state index in [1.54, 1.807) is 6.08 Å². The minimum atomic E-state index is 0.0199. The van der Waals surface area contributed by atoms with Crippen LogP contribution < -0.4 is 4.74 Å². The van der Waals surface area contributed by atoms with Gasteiger partial charge in [-0.2, -0.15) is 0 Å². The van der Waals surface area contributed by atoms with E-state index < -0.39 is 0 Å². The van der Waals surface area contributed by atoms with E-state index in [4.69, 9.17) is 4.74 Å². The van der Waals surface area contributed by atoms with Crippen molar-refractivity contribution in [2.45, 2.75) is 20.3 Å². The molecule has 0 amide bonds. The van der Waals surface area contributed by atoms with Gasteiger partial charge in [-0.1, -0.05) is 49.4 Å². The van der Waals surface area contributed by atoms with Crippen molar-refractivity contribution in [3.05, 3.63) is 71.3 Å². The van der Waals surface area contributed by atoms with Gasteiger partial charge in [-0.3, -0.25) is 4.79 Å². The quantitative estimate of drug-likeness (QED) is 0.573. The molecule has 2 rings (SSSR count). The Bertz CT molecular complexity index is 607. The Morgan fingerprint density at radius 3 is 2.24 bits per heavy atom. The van der Waals surface area contributed by atoms with Crippen molar-refractivity contribution in [2.75, 3.05) is 6.61 Å². The third-order valence-corrected chi connectivity index (χ3v) is 3.26. The van der Waals surface area contributed by atoms with Crippen LogP contribution in [0, 0.1) is 0 Å². The average Bonchev–Trinajstić information content (AvgIpc) is 2.54. The van der Waals surface area contributed by atoms with E-state index in [0.29, 0.717) is 6.61 Å². The van der Waals surface area contributed by atoms with Crippen molar-refractivity contribution in [3.8, 4) is 5.75 Å². The fourth-order valence-corrected chi connectivity index (χ4v) is 2.01. The fourth-order valence-electron chi connectivity index (χ4n) is 2.01. The molecule has 0 bridgehead atoms. The number of aryl methyl sites for hydroxylation is 1. The summed E-state index contributed by atoms with van der Waals surface area (Å²) >= 11 is 0. The molecular formula is C19H20O2. The monoisotopic (exact) mass is 280 g/mol. The van der Waals surface area contributed by atoms with Gasteiger partial charge in [0, 0.05) is 5.56 Å². The Hall–Kier alpha value is -2.35. The first-order valence-corrected chi connectivity index (χ1v) is 7.27. The average molecular weight is 280 g/mol. The number of carbonyl (C=O) groups excluding carboxylic acids is 1. The smallest absolute Gasteiger partial charge is 0.185 e.